The number of carboxylic acids is 1. The average molecular weight is 320 g/mol. The fourth-order valence-electron chi connectivity index (χ4n) is 0.923. The van der Waals surface area contributed by atoms with Crippen LogP contribution in [0, 0.1) is 0 Å². The standard InChI is InChI=1S/C12H20O6.C2H4O2/c1-3-15-7-9-17-11(13)5-6-12(14)18-10-8-16-4-2;1-2(3)4/h5-6H,3-4,7-10H2,1-2H3;1H3,(H,3,4)/b6-5-;. The van der Waals surface area contributed by atoms with Gasteiger partial charge in [-0.15, -0.1) is 0 Å². The highest BCUT2D eigenvalue weighted by atomic mass is 16.6. The van der Waals surface area contributed by atoms with Crippen LogP contribution >= 0.6 is 0 Å². The largest absolute Gasteiger partial charge is 0.481 e. The summed E-state index contributed by atoms with van der Waals surface area (Å²) in [5.74, 6) is -2.03. The van der Waals surface area contributed by atoms with Gasteiger partial charge in [0.05, 0.1) is 13.2 Å². The first-order valence-corrected chi connectivity index (χ1v) is 6.80. The minimum Gasteiger partial charge on any atom is -0.481 e. The molecule has 128 valence electrons. The van der Waals surface area contributed by atoms with Gasteiger partial charge in [-0.2, -0.15) is 0 Å². The molecule has 0 fully saturated rings. The van der Waals surface area contributed by atoms with Crippen LogP contribution in [0.5, 0.6) is 0 Å². The Morgan fingerprint density at radius 2 is 1.14 bits per heavy atom. The molecule has 0 radical (unpaired) electrons. The topological polar surface area (TPSA) is 108 Å². The smallest absolute Gasteiger partial charge is 0.331 e. The SMILES string of the molecule is CC(=O)O.CCOCCOC(=O)/C=C\C(=O)OCCOCC. The summed E-state index contributed by atoms with van der Waals surface area (Å²) in [6.07, 6.45) is 2.05. The van der Waals surface area contributed by atoms with Crippen molar-refractivity contribution in [2.45, 2.75) is 20.8 Å². The lowest BCUT2D eigenvalue weighted by Gasteiger charge is -2.02. The van der Waals surface area contributed by atoms with E-state index in [1.54, 1.807) is 0 Å². The van der Waals surface area contributed by atoms with E-state index in [2.05, 4.69) is 0 Å². The minimum atomic E-state index is -0.833. The van der Waals surface area contributed by atoms with E-state index >= 15 is 0 Å². The van der Waals surface area contributed by atoms with Crippen molar-refractivity contribution in [1.29, 1.82) is 0 Å². The maximum atomic E-state index is 11.1. The second-order valence-corrected chi connectivity index (χ2v) is 3.58. The molecule has 0 saturated carbocycles. The molecule has 1 N–H and O–H groups in total. The second-order valence-electron chi connectivity index (χ2n) is 3.58. The van der Waals surface area contributed by atoms with Gasteiger partial charge in [0.1, 0.15) is 13.2 Å². The van der Waals surface area contributed by atoms with Crippen LogP contribution in [-0.4, -0.2) is 62.7 Å². The summed E-state index contributed by atoms with van der Waals surface area (Å²) in [4.78, 5) is 31.2. The first-order chi connectivity index (χ1) is 10.4. The second kappa shape index (κ2) is 17.1. The maximum absolute atomic E-state index is 11.1. The first kappa shape index (κ1) is 22.4. The van der Waals surface area contributed by atoms with Crippen molar-refractivity contribution in [3.63, 3.8) is 0 Å². The van der Waals surface area contributed by atoms with Gasteiger partial charge in [0.15, 0.2) is 0 Å². The molecule has 0 unspecified atom stereocenters. The molecule has 0 aliphatic rings. The number of hydrogen-bond donors (Lipinski definition) is 1. The van der Waals surface area contributed by atoms with Crippen LogP contribution < -0.4 is 0 Å². The quantitative estimate of drug-likeness (QED) is 0.357. The summed E-state index contributed by atoms with van der Waals surface area (Å²) in [5, 5.41) is 7.42. The molecule has 0 amide bonds. The summed E-state index contributed by atoms with van der Waals surface area (Å²) < 4.78 is 19.5. The third-order valence-corrected chi connectivity index (χ3v) is 1.71. The minimum absolute atomic E-state index is 0.163. The lowest BCUT2D eigenvalue weighted by Crippen LogP contribution is -2.10. The Kier molecular flexibility index (Phi) is 17.4. The van der Waals surface area contributed by atoms with Gasteiger partial charge in [0.25, 0.3) is 5.97 Å². The van der Waals surface area contributed by atoms with Crippen LogP contribution in [0.25, 0.3) is 0 Å². The molecule has 0 atom stereocenters. The zero-order valence-corrected chi connectivity index (χ0v) is 13.2. The zero-order chi connectivity index (χ0) is 17.2. The van der Waals surface area contributed by atoms with Crippen LogP contribution in [0.1, 0.15) is 20.8 Å². The molecular weight excluding hydrogens is 296 g/mol. The highest BCUT2D eigenvalue weighted by Crippen LogP contribution is 1.87. The van der Waals surface area contributed by atoms with Gasteiger partial charge in [0, 0.05) is 32.3 Å². The van der Waals surface area contributed by atoms with Gasteiger partial charge in [-0.1, -0.05) is 0 Å². The molecule has 8 nitrogen and oxygen atoms in total. The molecule has 0 bridgehead atoms. The van der Waals surface area contributed by atoms with Gasteiger partial charge in [-0.3, -0.25) is 4.79 Å². The van der Waals surface area contributed by atoms with Crippen molar-refractivity contribution in [3.05, 3.63) is 12.2 Å². The van der Waals surface area contributed by atoms with E-state index < -0.39 is 17.9 Å². The first-order valence-electron chi connectivity index (χ1n) is 6.80. The van der Waals surface area contributed by atoms with Crippen molar-refractivity contribution in [2.75, 3.05) is 39.6 Å². The van der Waals surface area contributed by atoms with Crippen LogP contribution in [-0.2, 0) is 33.3 Å². The normalized spacial score (nSPS) is 9.77. The van der Waals surface area contributed by atoms with Crippen LogP contribution in [0.4, 0.5) is 0 Å². The number of esters is 2. The Hall–Kier alpha value is -1.93. The molecule has 22 heavy (non-hydrogen) atoms. The number of aliphatic carboxylic acids is 1. The molecule has 0 aliphatic heterocycles. The molecule has 0 saturated heterocycles. The molecule has 0 spiro atoms. The highest BCUT2D eigenvalue weighted by Gasteiger charge is 2.00. The van der Waals surface area contributed by atoms with Gasteiger partial charge >= 0.3 is 11.9 Å². The molecule has 0 rings (SSSR count). The summed E-state index contributed by atoms with van der Waals surface area (Å²) in [5.41, 5.74) is 0. The van der Waals surface area contributed by atoms with E-state index in [4.69, 9.17) is 28.8 Å². The fraction of sp³-hybridized carbons (Fsp3) is 0.643. The van der Waals surface area contributed by atoms with Crippen LogP contribution in [0.2, 0.25) is 0 Å². The molecule has 8 heteroatoms. The van der Waals surface area contributed by atoms with E-state index in [0.29, 0.717) is 26.4 Å². The fourth-order valence-corrected chi connectivity index (χ4v) is 0.923. The van der Waals surface area contributed by atoms with Crippen molar-refractivity contribution >= 4 is 17.9 Å². The van der Waals surface area contributed by atoms with E-state index in [0.717, 1.165) is 19.1 Å². The van der Waals surface area contributed by atoms with Crippen molar-refractivity contribution in [2.24, 2.45) is 0 Å². The van der Waals surface area contributed by atoms with E-state index in [9.17, 15) is 9.59 Å². The Bertz CT molecular complexity index is 308. The van der Waals surface area contributed by atoms with E-state index in [-0.39, 0.29) is 13.2 Å². The number of carbonyl (C=O) groups excluding carboxylic acids is 2. The lowest BCUT2D eigenvalue weighted by molar-refractivity contribution is -0.141. The summed E-state index contributed by atoms with van der Waals surface area (Å²) in [6, 6.07) is 0. The zero-order valence-electron chi connectivity index (χ0n) is 13.2. The molecule has 0 heterocycles. The monoisotopic (exact) mass is 320 g/mol. The average Bonchev–Trinajstić information content (AvgIpc) is 2.45. The number of carbonyl (C=O) groups is 3. The van der Waals surface area contributed by atoms with E-state index in [1.807, 2.05) is 13.8 Å². The van der Waals surface area contributed by atoms with Crippen molar-refractivity contribution in [1.82, 2.24) is 0 Å². The predicted octanol–water partition coefficient (Wildman–Crippen LogP) is 0.793. The number of rotatable bonds is 10. The van der Waals surface area contributed by atoms with E-state index in [1.165, 1.54) is 0 Å². The Morgan fingerprint density at radius 1 is 0.818 bits per heavy atom. The number of carboxylic acid groups (broad SMARTS) is 1. The molecule has 0 aliphatic carbocycles. The van der Waals surface area contributed by atoms with Gasteiger partial charge in [-0.25, -0.2) is 9.59 Å². The molecule has 0 aromatic rings. The van der Waals surface area contributed by atoms with Crippen molar-refractivity contribution in [3.8, 4) is 0 Å². The highest BCUT2D eigenvalue weighted by molar-refractivity contribution is 5.91. The Balaban J connectivity index is 0. The molecule has 0 aromatic heterocycles. The van der Waals surface area contributed by atoms with Crippen LogP contribution in [0.3, 0.4) is 0 Å². The van der Waals surface area contributed by atoms with Crippen molar-refractivity contribution < 1.29 is 38.4 Å². The van der Waals surface area contributed by atoms with Gasteiger partial charge in [0.2, 0.25) is 0 Å². The maximum Gasteiger partial charge on any atom is 0.331 e. The summed E-state index contributed by atoms with van der Waals surface area (Å²) >= 11 is 0. The Morgan fingerprint density at radius 3 is 1.41 bits per heavy atom. The number of hydrogen-bond acceptors (Lipinski definition) is 7. The van der Waals surface area contributed by atoms with Gasteiger partial charge < -0.3 is 24.1 Å². The number of ether oxygens (including phenoxy) is 4. The third-order valence-electron chi connectivity index (χ3n) is 1.71. The van der Waals surface area contributed by atoms with Crippen LogP contribution in [0.15, 0.2) is 12.2 Å². The Labute approximate surface area is 130 Å². The lowest BCUT2D eigenvalue weighted by atomic mass is 10.5. The summed E-state index contributed by atoms with van der Waals surface area (Å²) in [6.45, 7) is 6.93. The van der Waals surface area contributed by atoms with Gasteiger partial charge in [-0.05, 0) is 13.8 Å². The molecular formula is C14H24O8. The summed E-state index contributed by atoms with van der Waals surface area (Å²) in [7, 11) is 0. The predicted molar refractivity (Wildman–Crippen MR) is 77.4 cm³/mol. The third kappa shape index (κ3) is 23.2. The molecule has 0 aromatic carbocycles.